The monoisotopic (exact) mass is 416 g/mol. The molecule has 4 aromatic rings. The van der Waals surface area contributed by atoms with Gasteiger partial charge in [-0.15, -0.1) is 5.10 Å². The van der Waals surface area contributed by atoms with Crippen molar-refractivity contribution >= 4 is 23.3 Å². The Morgan fingerprint density at radius 1 is 1.07 bits per heavy atom. The van der Waals surface area contributed by atoms with Gasteiger partial charge in [0, 0.05) is 24.3 Å². The van der Waals surface area contributed by atoms with Gasteiger partial charge >= 0.3 is 0 Å². The topological polar surface area (TPSA) is 69.4 Å². The lowest BCUT2D eigenvalue weighted by atomic mass is 9.82. The van der Waals surface area contributed by atoms with Crippen LogP contribution in [0.1, 0.15) is 39.5 Å². The summed E-state index contributed by atoms with van der Waals surface area (Å²) in [7, 11) is 1.66. The fourth-order valence-corrected chi connectivity index (χ4v) is 4.65. The Kier molecular flexibility index (Phi) is 4.96. The molecule has 0 aliphatic heterocycles. The zero-order chi connectivity index (χ0) is 20.5. The molecule has 0 bridgehead atoms. The van der Waals surface area contributed by atoms with E-state index in [0.29, 0.717) is 29.3 Å². The van der Waals surface area contributed by atoms with Gasteiger partial charge in [-0.05, 0) is 23.6 Å². The van der Waals surface area contributed by atoms with Crippen molar-refractivity contribution in [1.29, 1.82) is 0 Å². The third kappa shape index (κ3) is 3.57. The number of aromatic nitrogens is 4. The zero-order valence-corrected chi connectivity index (χ0v) is 17.3. The molecule has 1 atom stereocenters. The summed E-state index contributed by atoms with van der Waals surface area (Å²) in [5.41, 5.74) is 3.67. The minimum Gasteiger partial charge on any atom is -0.496 e. The van der Waals surface area contributed by atoms with E-state index in [1.54, 1.807) is 29.6 Å². The fraction of sp³-hybridized carbons (Fsp3) is 0.217. The van der Waals surface area contributed by atoms with E-state index in [-0.39, 0.29) is 11.7 Å². The van der Waals surface area contributed by atoms with Crippen molar-refractivity contribution in [1.82, 2.24) is 19.6 Å². The third-order valence-electron chi connectivity index (χ3n) is 5.35. The molecule has 5 rings (SSSR count). The summed E-state index contributed by atoms with van der Waals surface area (Å²) in [6.07, 6.45) is 2.89. The number of rotatable bonds is 5. The highest BCUT2D eigenvalue weighted by molar-refractivity contribution is 7.98. The quantitative estimate of drug-likeness (QED) is 0.451. The van der Waals surface area contributed by atoms with Crippen LogP contribution in [0.2, 0.25) is 0 Å². The molecule has 7 heteroatoms. The SMILES string of the molecule is COc1ccccc1[C@@H]1CC(=O)c2cn3nc(SCc4ccccc4)nc3nc2C1. The van der Waals surface area contributed by atoms with Crippen LogP contribution in [-0.2, 0) is 12.2 Å². The van der Waals surface area contributed by atoms with Crippen LogP contribution in [0.4, 0.5) is 0 Å². The normalized spacial score (nSPS) is 15.9. The minimum atomic E-state index is 0.0472. The number of thioether (sulfide) groups is 1. The van der Waals surface area contributed by atoms with Crippen LogP contribution < -0.4 is 4.74 Å². The Morgan fingerprint density at radius 2 is 1.87 bits per heavy atom. The van der Waals surface area contributed by atoms with Gasteiger partial charge < -0.3 is 4.74 Å². The number of para-hydroxylation sites is 1. The largest absolute Gasteiger partial charge is 0.496 e. The number of ether oxygens (including phenoxy) is 1. The van der Waals surface area contributed by atoms with E-state index in [1.807, 2.05) is 42.5 Å². The highest BCUT2D eigenvalue weighted by Gasteiger charge is 2.30. The first-order valence-electron chi connectivity index (χ1n) is 9.80. The first-order chi connectivity index (χ1) is 14.7. The molecule has 2 aromatic carbocycles. The molecule has 0 saturated heterocycles. The van der Waals surface area contributed by atoms with Gasteiger partial charge in [0.15, 0.2) is 5.78 Å². The van der Waals surface area contributed by atoms with E-state index in [9.17, 15) is 4.79 Å². The Hall–Kier alpha value is -3.19. The molecule has 0 amide bonds. The van der Waals surface area contributed by atoms with Crippen molar-refractivity contribution in [3.05, 3.63) is 83.2 Å². The minimum absolute atomic E-state index is 0.0472. The predicted molar refractivity (Wildman–Crippen MR) is 115 cm³/mol. The van der Waals surface area contributed by atoms with Crippen LogP contribution in [0, 0.1) is 0 Å². The second-order valence-electron chi connectivity index (χ2n) is 7.28. The zero-order valence-electron chi connectivity index (χ0n) is 16.5. The molecule has 1 aliphatic carbocycles. The van der Waals surface area contributed by atoms with Crippen molar-refractivity contribution in [2.24, 2.45) is 0 Å². The van der Waals surface area contributed by atoms with Crippen LogP contribution in [-0.4, -0.2) is 32.5 Å². The predicted octanol–water partition coefficient (Wildman–Crippen LogP) is 4.34. The molecule has 0 spiro atoms. The van der Waals surface area contributed by atoms with Crippen molar-refractivity contribution in [3.8, 4) is 5.75 Å². The molecular weight excluding hydrogens is 396 g/mol. The third-order valence-corrected chi connectivity index (χ3v) is 6.26. The maximum atomic E-state index is 12.9. The summed E-state index contributed by atoms with van der Waals surface area (Å²) in [5.74, 6) is 2.24. The van der Waals surface area contributed by atoms with Gasteiger partial charge in [-0.1, -0.05) is 60.3 Å². The molecule has 6 nitrogen and oxygen atoms in total. The molecule has 0 saturated carbocycles. The maximum absolute atomic E-state index is 12.9. The van der Waals surface area contributed by atoms with Gasteiger partial charge in [0.1, 0.15) is 5.75 Å². The number of ketones is 1. The fourth-order valence-electron chi connectivity index (χ4n) is 3.87. The Morgan fingerprint density at radius 3 is 2.70 bits per heavy atom. The summed E-state index contributed by atoms with van der Waals surface area (Å²) in [6, 6.07) is 18.1. The number of hydrogen-bond donors (Lipinski definition) is 0. The Balaban J connectivity index is 1.43. The summed E-state index contributed by atoms with van der Waals surface area (Å²) >= 11 is 1.56. The number of nitrogens with zero attached hydrogens (tertiary/aromatic N) is 4. The molecule has 2 aromatic heterocycles. The molecular formula is C23H20N4O2S. The van der Waals surface area contributed by atoms with Crippen LogP contribution >= 0.6 is 11.8 Å². The summed E-state index contributed by atoms with van der Waals surface area (Å²) in [6.45, 7) is 0. The van der Waals surface area contributed by atoms with Gasteiger partial charge in [-0.2, -0.15) is 4.98 Å². The maximum Gasteiger partial charge on any atom is 0.253 e. The average Bonchev–Trinajstić information content (AvgIpc) is 3.19. The van der Waals surface area contributed by atoms with Crippen molar-refractivity contribution in [2.45, 2.75) is 29.7 Å². The van der Waals surface area contributed by atoms with E-state index < -0.39 is 0 Å². The average molecular weight is 417 g/mol. The van der Waals surface area contributed by atoms with Gasteiger partial charge in [0.05, 0.1) is 18.4 Å². The number of methoxy groups -OCH3 is 1. The lowest BCUT2D eigenvalue weighted by Gasteiger charge is -2.24. The second kappa shape index (κ2) is 7.91. The van der Waals surface area contributed by atoms with E-state index >= 15 is 0 Å². The second-order valence-corrected chi connectivity index (χ2v) is 8.23. The first kappa shape index (κ1) is 18.8. The molecule has 0 N–H and O–H groups in total. The van der Waals surface area contributed by atoms with E-state index in [4.69, 9.17) is 4.74 Å². The standard InChI is InChI=1S/C23H20N4O2S/c1-29-21-10-6-5-9-17(21)16-11-19-18(20(28)12-16)13-27-22(24-19)25-23(26-27)30-14-15-7-3-2-4-8-15/h2-10,13,16H,11-12,14H2,1H3/t16-/m0/s1. The number of carbonyl (C=O) groups excluding carboxylic acids is 1. The number of carbonyl (C=O) groups is 1. The van der Waals surface area contributed by atoms with Crippen molar-refractivity contribution in [2.75, 3.05) is 7.11 Å². The van der Waals surface area contributed by atoms with Gasteiger partial charge in [-0.25, -0.2) is 9.50 Å². The van der Waals surface area contributed by atoms with Crippen molar-refractivity contribution < 1.29 is 9.53 Å². The number of benzene rings is 2. The molecule has 2 heterocycles. The number of hydrogen-bond acceptors (Lipinski definition) is 6. The van der Waals surface area contributed by atoms with E-state index in [1.165, 1.54) is 5.56 Å². The molecule has 30 heavy (non-hydrogen) atoms. The molecule has 1 aliphatic rings. The lowest BCUT2D eigenvalue weighted by molar-refractivity contribution is 0.0962. The Labute approximate surface area is 178 Å². The van der Waals surface area contributed by atoms with Gasteiger partial charge in [0.2, 0.25) is 5.16 Å². The smallest absolute Gasteiger partial charge is 0.253 e. The molecule has 150 valence electrons. The Bertz CT molecular complexity index is 1220. The number of fused-ring (bicyclic) bond motifs is 2. The highest BCUT2D eigenvalue weighted by atomic mass is 32.2. The van der Waals surface area contributed by atoms with E-state index in [2.05, 4.69) is 27.2 Å². The first-order valence-corrected chi connectivity index (χ1v) is 10.8. The molecule has 0 unspecified atom stereocenters. The van der Waals surface area contributed by atoms with E-state index in [0.717, 1.165) is 22.8 Å². The van der Waals surface area contributed by atoms with Crippen LogP contribution in [0.3, 0.4) is 0 Å². The summed E-state index contributed by atoms with van der Waals surface area (Å²) < 4.78 is 7.12. The molecule has 0 fully saturated rings. The summed E-state index contributed by atoms with van der Waals surface area (Å²) in [4.78, 5) is 22.1. The number of Topliss-reactive ketones (excluding diaryl/α,β-unsaturated/α-hetero) is 1. The molecule has 0 radical (unpaired) electrons. The lowest BCUT2D eigenvalue weighted by Crippen LogP contribution is -2.21. The van der Waals surface area contributed by atoms with Crippen molar-refractivity contribution in [3.63, 3.8) is 0 Å². The van der Waals surface area contributed by atoms with Gasteiger partial charge in [-0.3, -0.25) is 4.79 Å². The van der Waals surface area contributed by atoms with Gasteiger partial charge in [0.25, 0.3) is 5.78 Å². The highest BCUT2D eigenvalue weighted by Crippen LogP contribution is 2.36. The van der Waals surface area contributed by atoms with Crippen LogP contribution in [0.5, 0.6) is 5.75 Å². The van der Waals surface area contributed by atoms with Crippen LogP contribution in [0.25, 0.3) is 5.78 Å². The van der Waals surface area contributed by atoms with Crippen LogP contribution in [0.15, 0.2) is 66.0 Å². The summed E-state index contributed by atoms with van der Waals surface area (Å²) in [5, 5.41) is 5.16.